The molecule has 112 valence electrons. The van der Waals surface area contributed by atoms with E-state index in [4.69, 9.17) is 11.6 Å². The molecule has 3 aromatic carbocycles. The van der Waals surface area contributed by atoms with Crippen LogP contribution in [-0.4, -0.2) is 5.24 Å². The zero-order valence-electron chi connectivity index (χ0n) is 12.8. The molecule has 0 bridgehead atoms. The van der Waals surface area contributed by atoms with Crippen LogP contribution in [0.2, 0.25) is 0 Å². The lowest BCUT2D eigenvalue weighted by Gasteiger charge is -2.12. The third kappa shape index (κ3) is 2.73. The van der Waals surface area contributed by atoms with Gasteiger partial charge in [0.2, 0.25) is 0 Å². The Morgan fingerprint density at radius 3 is 1.91 bits per heavy atom. The minimum Gasteiger partial charge on any atom is -0.275 e. The lowest BCUT2D eigenvalue weighted by Crippen LogP contribution is -1.89. The smallest absolute Gasteiger partial charge is 0.255 e. The summed E-state index contributed by atoms with van der Waals surface area (Å²) in [5.41, 5.74) is 5.40. The van der Waals surface area contributed by atoms with E-state index in [9.17, 15) is 4.79 Å². The summed E-state index contributed by atoms with van der Waals surface area (Å²) < 4.78 is 0. The Balaban J connectivity index is 2.50. The maximum absolute atomic E-state index is 11.2. The van der Waals surface area contributed by atoms with Gasteiger partial charge in [0.05, 0.1) is 5.57 Å². The maximum atomic E-state index is 11.2. The SMILES string of the molecule is C=Cc1c(C=C=C(C)C(=O)Cl)c2ccccc2c2ccccc12. The first-order valence-electron chi connectivity index (χ1n) is 7.32. The Hall–Kier alpha value is -2.60. The van der Waals surface area contributed by atoms with Gasteiger partial charge in [-0.3, -0.25) is 4.79 Å². The van der Waals surface area contributed by atoms with Crippen molar-refractivity contribution in [3.05, 3.63) is 77.5 Å². The molecule has 0 aromatic heterocycles. The molecule has 23 heavy (non-hydrogen) atoms. The molecular formula is C21H15ClO. The minimum atomic E-state index is -0.494. The van der Waals surface area contributed by atoms with Crippen LogP contribution in [0.25, 0.3) is 33.7 Å². The average molecular weight is 319 g/mol. The normalized spacial score (nSPS) is 10.3. The zero-order chi connectivity index (χ0) is 16.4. The number of fused-ring (bicyclic) bond motifs is 3. The highest BCUT2D eigenvalue weighted by Crippen LogP contribution is 2.34. The van der Waals surface area contributed by atoms with Crippen molar-refractivity contribution in [2.45, 2.75) is 6.92 Å². The van der Waals surface area contributed by atoms with Crippen molar-refractivity contribution >= 4 is 50.5 Å². The summed E-state index contributed by atoms with van der Waals surface area (Å²) in [4.78, 5) is 11.2. The summed E-state index contributed by atoms with van der Waals surface area (Å²) in [5, 5.41) is 4.08. The third-order valence-corrected chi connectivity index (χ3v) is 4.23. The van der Waals surface area contributed by atoms with Gasteiger partial charge in [0, 0.05) is 0 Å². The van der Waals surface area contributed by atoms with E-state index in [0.717, 1.165) is 27.3 Å². The molecule has 2 heteroatoms. The van der Waals surface area contributed by atoms with Crippen LogP contribution in [-0.2, 0) is 4.79 Å². The van der Waals surface area contributed by atoms with E-state index in [-0.39, 0.29) is 0 Å². The van der Waals surface area contributed by atoms with Gasteiger partial charge in [-0.1, -0.05) is 61.2 Å². The first-order chi connectivity index (χ1) is 11.1. The maximum Gasteiger partial charge on any atom is 0.255 e. The van der Waals surface area contributed by atoms with E-state index in [0.29, 0.717) is 5.57 Å². The van der Waals surface area contributed by atoms with Crippen molar-refractivity contribution in [2.24, 2.45) is 0 Å². The van der Waals surface area contributed by atoms with Gasteiger partial charge in [-0.25, -0.2) is 0 Å². The standard InChI is InChI=1S/C21H15ClO/c1-3-15-16-8-4-5-9-17(16)18-10-6-7-11-19(18)20(15)13-12-14(2)21(22)23/h3-11,13H,1H2,2H3. The van der Waals surface area contributed by atoms with Crippen LogP contribution in [0.5, 0.6) is 0 Å². The highest BCUT2D eigenvalue weighted by molar-refractivity contribution is 6.67. The predicted octanol–water partition coefficient (Wildman–Crippen LogP) is 5.96. The number of carbonyl (C=O) groups excluding carboxylic acids is 1. The molecule has 0 unspecified atom stereocenters. The third-order valence-electron chi connectivity index (χ3n) is 3.95. The summed E-state index contributed by atoms with van der Waals surface area (Å²) in [7, 11) is 0. The molecule has 3 rings (SSSR count). The largest absolute Gasteiger partial charge is 0.275 e. The second-order valence-corrected chi connectivity index (χ2v) is 5.65. The minimum absolute atomic E-state index is 0.388. The van der Waals surface area contributed by atoms with Gasteiger partial charge in [0.25, 0.3) is 5.24 Å². The van der Waals surface area contributed by atoms with Crippen LogP contribution in [0.4, 0.5) is 0 Å². The fourth-order valence-electron chi connectivity index (χ4n) is 2.81. The second-order valence-electron chi connectivity index (χ2n) is 5.31. The number of benzene rings is 3. The van der Waals surface area contributed by atoms with E-state index in [2.05, 4.69) is 36.6 Å². The number of hydrogen-bond donors (Lipinski definition) is 0. The fraction of sp³-hybridized carbons (Fsp3) is 0.0476. The monoisotopic (exact) mass is 318 g/mol. The average Bonchev–Trinajstić information content (AvgIpc) is 2.58. The van der Waals surface area contributed by atoms with Crippen molar-refractivity contribution in [3.63, 3.8) is 0 Å². The molecule has 1 nitrogen and oxygen atoms in total. The topological polar surface area (TPSA) is 17.1 Å². The molecule has 0 N–H and O–H groups in total. The molecule has 0 fully saturated rings. The van der Waals surface area contributed by atoms with E-state index in [1.165, 1.54) is 5.39 Å². The summed E-state index contributed by atoms with van der Waals surface area (Å²) in [6, 6.07) is 16.4. The second kappa shape index (κ2) is 6.26. The Kier molecular flexibility index (Phi) is 4.16. The van der Waals surface area contributed by atoms with E-state index >= 15 is 0 Å². The molecule has 0 atom stereocenters. The number of hydrogen-bond acceptors (Lipinski definition) is 1. The van der Waals surface area contributed by atoms with Crippen LogP contribution in [0.1, 0.15) is 18.1 Å². The first-order valence-corrected chi connectivity index (χ1v) is 7.70. The van der Waals surface area contributed by atoms with Crippen molar-refractivity contribution < 1.29 is 4.79 Å². The van der Waals surface area contributed by atoms with Gasteiger partial charge in [0.1, 0.15) is 0 Å². The molecule has 0 saturated heterocycles. The highest BCUT2D eigenvalue weighted by atomic mass is 35.5. The van der Waals surface area contributed by atoms with Crippen molar-refractivity contribution in [1.82, 2.24) is 0 Å². The van der Waals surface area contributed by atoms with Gasteiger partial charge in [-0.05, 0) is 57.3 Å². The zero-order valence-corrected chi connectivity index (χ0v) is 13.5. The van der Waals surface area contributed by atoms with Crippen molar-refractivity contribution in [3.8, 4) is 0 Å². The molecule has 0 saturated carbocycles. The molecule has 0 heterocycles. The molecule has 0 amide bonds. The number of allylic oxidation sites excluding steroid dienone is 1. The summed E-state index contributed by atoms with van der Waals surface area (Å²) in [6.07, 6.45) is 3.67. The predicted molar refractivity (Wildman–Crippen MR) is 99.6 cm³/mol. The van der Waals surface area contributed by atoms with Crippen LogP contribution < -0.4 is 0 Å². The Morgan fingerprint density at radius 1 is 0.957 bits per heavy atom. The lowest BCUT2D eigenvalue weighted by molar-refractivity contribution is -0.108. The van der Waals surface area contributed by atoms with Gasteiger partial charge < -0.3 is 0 Å². The molecular weight excluding hydrogens is 304 g/mol. The fourth-order valence-corrected chi connectivity index (χ4v) is 2.86. The lowest BCUT2D eigenvalue weighted by atomic mass is 9.91. The van der Waals surface area contributed by atoms with Gasteiger partial charge >= 0.3 is 0 Å². The van der Waals surface area contributed by atoms with Crippen LogP contribution in [0.15, 0.2) is 66.4 Å². The highest BCUT2D eigenvalue weighted by Gasteiger charge is 2.10. The molecule has 0 aliphatic rings. The van der Waals surface area contributed by atoms with Crippen molar-refractivity contribution in [2.75, 3.05) is 0 Å². The Labute approximate surface area is 140 Å². The van der Waals surface area contributed by atoms with Gasteiger partial charge in [0.15, 0.2) is 0 Å². The summed E-state index contributed by atoms with van der Waals surface area (Å²) in [5.74, 6) is 0. The molecule has 0 spiro atoms. The van der Waals surface area contributed by atoms with Gasteiger partial charge in [-0.2, -0.15) is 0 Å². The summed E-state index contributed by atoms with van der Waals surface area (Å²) in [6.45, 7) is 5.62. The van der Waals surface area contributed by atoms with Gasteiger partial charge in [-0.15, -0.1) is 5.73 Å². The van der Waals surface area contributed by atoms with Crippen LogP contribution in [0.3, 0.4) is 0 Å². The van der Waals surface area contributed by atoms with Crippen LogP contribution >= 0.6 is 11.6 Å². The first kappa shape index (κ1) is 15.3. The number of rotatable bonds is 3. The number of halogens is 1. The molecule has 0 aliphatic carbocycles. The molecule has 0 aliphatic heterocycles. The number of carbonyl (C=O) groups is 1. The van der Waals surface area contributed by atoms with E-state index in [1.807, 2.05) is 36.4 Å². The van der Waals surface area contributed by atoms with E-state index < -0.39 is 5.24 Å². The Morgan fingerprint density at radius 2 is 1.43 bits per heavy atom. The molecule has 0 radical (unpaired) electrons. The van der Waals surface area contributed by atoms with Crippen molar-refractivity contribution in [1.29, 1.82) is 0 Å². The Bertz CT molecular complexity index is 1000. The quantitative estimate of drug-likeness (QED) is 0.252. The molecule has 3 aromatic rings. The summed E-state index contributed by atoms with van der Waals surface area (Å²) >= 11 is 5.50. The van der Waals surface area contributed by atoms with Crippen LogP contribution in [0, 0.1) is 0 Å². The van der Waals surface area contributed by atoms with E-state index in [1.54, 1.807) is 6.92 Å².